The molecule has 4 nitrogen and oxygen atoms in total. The number of hydrogen-bond acceptors (Lipinski definition) is 3. The van der Waals surface area contributed by atoms with Crippen LogP contribution in [0.4, 0.5) is 18.9 Å². The van der Waals surface area contributed by atoms with E-state index in [-0.39, 0.29) is 17.9 Å². The topological polar surface area (TPSA) is 49.4 Å². The SMILES string of the molecule is O=CC1NC2CC1CN(c1ccc(C(F)(F)F)cc1)C2=O. The number of rotatable bonds is 2. The van der Waals surface area contributed by atoms with Crippen molar-refractivity contribution in [1.29, 1.82) is 0 Å². The van der Waals surface area contributed by atoms with Crippen LogP contribution in [0.5, 0.6) is 0 Å². The van der Waals surface area contributed by atoms with Gasteiger partial charge in [0.25, 0.3) is 0 Å². The zero-order valence-corrected chi connectivity index (χ0v) is 10.9. The summed E-state index contributed by atoms with van der Waals surface area (Å²) < 4.78 is 37.6. The summed E-state index contributed by atoms with van der Waals surface area (Å²) in [5.41, 5.74) is -0.321. The summed E-state index contributed by atoms with van der Waals surface area (Å²) in [6.07, 6.45) is -3.01. The second-order valence-corrected chi connectivity index (χ2v) is 5.37. The monoisotopic (exact) mass is 298 g/mol. The quantitative estimate of drug-likeness (QED) is 0.844. The molecule has 0 spiro atoms. The van der Waals surface area contributed by atoms with Crippen molar-refractivity contribution in [2.75, 3.05) is 11.4 Å². The number of aldehydes is 1. The molecule has 2 aliphatic rings. The second kappa shape index (κ2) is 4.84. The van der Waals surface area contributed by atoms with Crippen molar-refractivity contribution < 1.29 is 22.8 Å². The molecule has 2 aliphatic heterocycles. The number of alkyl halides is 3. The van der Waals surface area contributed by atoms with Gasteiger partial charge in [0, 0.05) is 18.2 Å². The lowest BCUT2D eigenvalue weighted by molar-refractivity contribution is -0.137. The molecule has 112 valence electrons. The predicted octanol–water partition coefficient (Wildman–Crippen LogP) is 1.60. The molecular formula is C14H13F3N2O2. The van der Waals surface area contributed by atoms with Gasteiger partial charge in [-0.3, -0.25) is 10.1 Å². The Balaban J connectivity index is 1.84. The highest BCUT2D eigenvalue weighted by molar-refractivity contribution is 5.99. The van der Waals surface area contributed by atoms with E-state index in [1.165, 1.54) is 17.0 Å². The Hall–Kier alpha value is -1.89. The van der Waals surface area contributed by atoms with E-state index in [9.17, 15) is 22.8 Å². The number of benzene rings is 1. The summed E-state index contributed by atoms with van der Waals surface area (Å²) in [5, 5.41) is 2.95. The van der Waals surface area contributed by atoms with Gasteiger partial charge in [-0.15, -0.1) is 0 Å². The molecule has 21 heavy (non-hydrogen) atoms. The molecule has 1 aromatic carbocycles. The first-order valence-electron chi connectivity index (χ1n) is 6.60. The molecule has 2 heterocycles. The van der Waals surface area contributed by atoms with Crippen molar-refractivity contribution in [2.24, 2.45) is 5.92 Å². The minimum Gasteiger partial charge on any atom is -0.311 e. The van der Waals surface area contributed by atoms with E-state index in [0.717, 1.165) is 18.4 Å². The molecule has 0 aromatic heterocycles. The van der Waals surface area contributed by atoms with Crippen LogP contribution in [0.1, 0.15) is 12.0 Å². The van der Waals surface area contributed by atoms with E-state index in [0.29, 0.717) is 18.7 Å². The van der Waals surface area contributed by atoms with Crippen LogP contribution in [0.2, 0.25) is 0 Å². The van der Waals surface area contributed by atoms with E-state index in [2.05, 4.69) is 5.32 Å². The zero-order chi connectivity index (χ0) is 15.2. The number of carbonyl (C=O) groups excluding carboxylic acids is 2. The van der Waals surface area contributed by atoms with Crippen molar-refractivity contribution in [3.63, 3.8) is 0 Å². The molecule has 3 atom stereocenters. The average molecular weight is 298 g/mol. The minimum atomic E-state index is -4.40. The summed E-state index contributed by atoms with van der Waals surface area (Å²) in [6, 6.07) is 3.72. The lowest BCUT2D eigenvalue weighted by Gasteiger charge is -2.31. The third kappa shape index (κ3) is 2.42. The zero-order valence-electron chi connectivity index (χ0n) is 10.9. The normalized spacial score (nSPS) is 28.8. The first-order valence-corrected chi connectivity index (χ1v) is 6.60. The Bertz CT molecular complexity index is 571. The summed E-state index contributed by atoms with van der Waals surface area (Å²) in [6.45, 7) is 0.344. The third-order valence-corrected chi connectivity index (χ3v) is 4.07. The fraction of sp³-hybridized carbons (Fsp3) is 0.429. The van der Waals surface area contributed by atoms with Gasteiger partial charge in [-0.05, 0) is 30.7 Å². The molecule has 3 unspecified atom stereocenters. The Morgan fingerprint density at radius 1 is 1.24 bits per heavy atom. The largest absolute Gasteiger partial charge is 0.416 e. The van der Waals surface area contributed by atoms with Crippen molar-refractivity contribution in [3.8, 4) is 0 Å². The van der Waals surface area contributed by atoms with Gasteiger partial charge in [0.2, 0.25) is 5.91 Å². The molecule has 0 aliphatic carbocycles. The first kappa shape index (κ1) is 14.1. The first-order chi connectivity index (χ1) is 9.90. The Kier molecular flexibility index (Phi) is 3.24. The van der Waals surface area contributed by atoms with Gasteiger partial charge in [0.15, 0.2) is 0 Å². The second-order valence-electron chi connectivity index (χ2n) is 5.37. The van der Waals surface area contributed by atoms with Crippen LogP contribution in [-0.4, -0.2) is 30.8 Å². The molecule has 7 heteroatoms. The van der Waals surface area contributed by atoms with Gasteiger partial charge in [0.05, 0.1) is 17.6 Å². The molecule has 1 aromatic rings. The highest BCUT2D eigenvalue weighted by Crippen LogP contribution is 2.33. The fourth-order valence-corrected chi connectivity index (χ4v) is 2.97. The molecule has 1 amide bonds. The number of hydrogen-bond donors (Lipinski definition) is 1. The van der Waals surface area contributed by atoms with Gasteiger partial charge in [-0.25, -0.2) is 0 Å². The van der Waals surface area contributed by atoms with Crippen LogP contribution in [0.15, 0.2) is 24.3 Å². The highest BCUT2D eigenvalue weighted by atomic mass is 19.4. The van der Waals surface area contributed by atoms with Crippen LogP contribution in [0.3, 0.4) is 0 Å². The lowest BCUT2D eigenvalue weighted by atomic mass is 9.94. The predicted molar refractivity (Wildman–Crippen MR) is 68.7 cm³/mol. The molecule has 2 fully saturated rings. The number of nitrogens with zero attached hydrogens (tertiary/aromatic N) is 1. The standard InChI is InChI=1S/C14H13F3N2O2/c15-14(16,17)9-1-3-10(4-2-9)19-6-8-5-11(13(19)21)18-12(8)7-20/h1-4,7-8,11-12,18H,5-6H2. The molecule has 0 saturated carbocycles. The van der Waals surface area contributed by atoms with Gasteiger partial charge in [-0.1, -0.05) is 0 Å². The third-order valence-electron chi connectivity index (χ3n) is 4.07. The van der Waals surface area contributed by atoms with Crippen LogP contribution >= 0.6 is 0 Å². The summed E-state index contributed by atoms with van der Waals surface area (Å²) in [4.78, 5) is 24.6. The van der Waals surface area contributed by atoms with E-state index < -0.39 is 17.8 Å². The van der Waals surface area contributed by atoms with Crippen molar-refractivity contribution in [2.45, 2.75) is 24.7 Å². The molecule has 2 saturated heterocycles. The molecule has 2 bridgehead atoms. The number of halogens is 3. The number of nitrogens with one attached hydrogen (secondary N) is 1. The summed E-state index contributed by atoms with van der Waals surface area (Å²) in [7, 11) is 0. The highest BCUT2D eigenvalue weighted by Gasteiger charge is 2.45. The fourth-order valence-electron chi connectivity index (χ4n) is 2.97. The Morgan fingerprint density at radius 3 is 2.48 bits per heavy atom. The lowest BCUT2D eigenvalue weighted by Crippen LogP contribution is -2.46. The number of fused-ring (bicyclic) bond motifs is 2. The number of carbonyl (C=O) groups is 2. The number of amides is 1. The van der Waals surface area contributed by atoms with E-state index in [4.69, 9.17) is 0 Å². The average Bonchev–Trinajstić information content (AvgIpc) is 2.81. The van der Waals surface area contributed by atoms with Crippen LogP contribution in [0, 0.1) is 5.92 Å². The van der Waals surface area contributed by atoms with Crippen molar-refractivity contribution in [1.82, 2.24) is 5.32 Å². The van der Waals surface area contributed by atoms with Crippen molar-refractivity contribution in [3.05, 3.63) is 29.8 Å². The van der Waals surface area contributed by atoms with Gasteiger partial charge in [-0.2, -0.15) is 13.2 Å². The Labute approximate surface area is 118 Å². The molecular weight excluding hydrogens is 285 g/mol. The van der Waals surface area contributed by atoms with Crippen LogP contribution in [0.25, 0.3) is 0 Å². The van der Waals surface area contributed by atoms with E-state index in [1.54, 1.807) is 0 Å². The molecule has 3 rings (SSSR count). The van der Waals surface area contributed by atoms with Gasteiger partial charge < -0.3 is 9.69 Å². The van der Waals surface area contributed by atoms with Gasteiger partial charge >= 0.3 is 6.18 Å². The van der Waals surface area contributed by atoms with Gasteiger partial charge in [0.1, 0.15) is 6.29 Å². The summed E-state index contributed by atoms with van der Waals surface area (Å²) in [5.74, 6) is -0.192. The number of piperidine rings is 1. The maximum atomic E-state index is 12.5. The minimum absolute atomic E-state index is 0.00694. The van der Waals surface area contributed by atoms with Crippen LogP contribution < -0.4 is 10.2 Å². The smallest absolute Gasteiger partial charge is 0.311 e. The maximum absolute atomic E-state index is 12.5. The van der Waals surface area contributed by atoms with E-state index in [1.807, 2.05) is 0 Å². The Morgan fingerprint density at radius 2 is 1.90 bits per heavy atom. The molecule has 1 N–H and O–H groups in total. The number of anilines is 1. The van der Waals surface area contributed by atoms with E-state index >= 15 is 0 Å². The van der Waals surface area contributed by atoms with Crippen molar-refractivity contribution >= 4 is 17.9 Å². The van der Waals surface area contributed by atoms with Crippen LogP contribution in [-0.2, 0) is 15.8 Å². The maximum Gasteiger partial charge on any atom is 0.416 e. The summed E-state index contributed by atoms with van der Waals surface area (Å²) >= 11 is 0. The molecule has 0 radical (unpaired) electrons.